The van der Waals surface area contributed by atoms with Gasteiger partial charge in [-0.3, -0.25) is 14.3 Å². The average Bonchev–Trinajstić information content (AvgIpc) is 2.76. The lowest BCUT2D eigenvalue weighted by atomic mass is 10.3. The summed E-state index contributed by atoms with van der Waals surface area (Å²) in [5.41, 5.74) is 0. The normalized spacial score (nSPS) is 10.1. The van der Waals surface area contributed by atoms with Gasteiger partial charge in [-0.25, -0.2) is 0 Å². The molecule has 18 heavy (non-hydrogen) atoms. The zero-order chi connectivity index (χ0) is 13.4. The molecule has 1 aromatic heterocycles. The summed E-state index contributed by atoms with van der Waals surface area (Å²) < 4.78 is 5.93. The van der Waals surface area contributed by atoms with Crippen LogP contribution in [0.2, 0.25) is 0 Å². The van der Waals surface area contributed by atoms with Gasteiger partial charge in [-0.2, -0.15) is 5.10 Å². The van der Waals surface area contributed by atoms with E-state index in [1.54, 1.807) is 12.3 Å². The first-order valence-electron chi connectivity index (χ1n) is 5.70. The molecule has 0 saturated heterocycles. The van der Waals surface area contributed by atoms with Crippen LogP contribution in [-0.4, -0.2) is 42.4 Å². The molecule has 0 bridgehead atoms. The molecule has 7 nitrogen and oxygen atoms in total. The molecule has 0 saturated carbocycles. The highest BCUT2D eigenvalue weighted by molar-refractivity contribution is 5.89. The van der Waals surface area contributed by atoms with Crippen LogP contribution in [0.5, 0.6) is 0 Å². The number of hydrogen-bond acceptors (Lipinski definition) is 5. The minimum atomic E-state index is -0.384. The molecular weight excluding hydrogens is 236 g/mol. The number of nitrogens with one attached hydrogen (secondary N) is 2. The number of hydrogen-bond donors (Lipinski definition) is 2. The van der Waals surface area contributed by atoms with Crippen molar-refractivity contribution in [3.63, 3.8) is 0 Å². The highest BCUT2D eigenvalue weighted by Crippen LogP contribution is 2.03. The molecule has 1 amide bonds. The van der Waals surface area contributed by atoms with Crippen molar-refractivity contribution in [2.75, 3.05) is 26.0 Å². The summed E-state index contributed by atoms with van der Waals surface area (Å²) in [6, 6.07) is 1.64. The first-order valence-corrected chi connectivity index (χ1v) is 5.70. The zero-order valence-corrected chi connectivity index (χ0v) is 10.6. The van der Waals surface area contributed by atoms with Crippen LogP contribution in [0.15, 0.2) is 12.3 Å². The van der Waals surface area contributed by atoms with E-state index in [2.05, 4.69) is 20.5 Å². The van der Waals surface area contributed by atoms with Gasteiger partial charge in [0.15, 0.2) is 5.82 Å². The summed E-state index contributed by atoms with van der Waals surface area (Å²) in [5.74, 6) is -0.0353. The highest BCUT2D eigenvalue weighted by Gasteiger charge is 2.07. The Kier molecular flexibility index (Phi) is 5.86. The lowest BCUT2D eigenvalue weighted by Gasteiger charge is -2.02. The number of rotatable bonds is 7. The van der Waals surface area contributed by atoms with E-state index in [0.717, 1.165) is 13.0 Å². The number of esters is 1. The second-order valence-corrected chi connectivity index (χ2v) is 3.73. The van der Waals surface area contributed by atoms with Crippen molar-refractivity contribution in [3.8, 4) is 0 Å². The van der Waals surface area contributed by atoms with E-state index in [4.69, 9.17) is 0 Å². The number of anilines is 1. The van der Waals surface area contributed by atoms with E-state index >= 15 is 0 Å². The number of methoxy groups -OCH3 is 1. The quantitative estimate of drug-likeness (QED) is 0.528. The van der Waals surface area contributed by atoms with Crippen LogP contribution >= 0.6 is 0 Å². The Hall–Kier alpha value is -1.89. The second kappa shape index (κ2) is 7.44. The molecule has 7 heteroatoms. The third-order valence-corrected chi connectivity index (χ3v) is 2.26. The molecule has 0 radical (unpaired) electrons. The van der Waals surface area contributed by atoms with E-state index in [1.165, 1.54) is 11.8 Å². The van der Waals surface area contributed by atoms with Crippen LogP contribution in [0.3, 0.4) is 0 Å². The lowest BCUT2D eigenvalue weighted by molar-refractivity contribution is -0.141. The first-order chi connectivity index (χ1) is 8.65. The predicted molar refractivity (Wildman–Crippen MR) is 66.0 cm³/mol. The van der Waals surface area contributed by atoms with E-state index < -0.39 is 0 Å². The van der Waals surface area contributed by atoms with Crippen molar-refractivity contribution in [3.05, 3.63) is 12.3 Å². The predicted octanol–water partition coefficient (Wildman–Crippen LogP) is -0.00580. The van der Waals surface area contributed by atoms with Crippen molar-refractivity contribution in [2.45, 2.75) is 19.4 Å². The maximum absolute atomic E-state index is 11.5. The molecule has 0 aliphatic carbocycles. The van der Waals surface area contributed by atoms with Gasteiger partial charge in [0, 0.05) is 18.7 Å². The van der Waals surface area contributed by atoms with E-state index in [-0.39, 0.29) is 18.4 Å². The highest BCUT2D eigenvalue weighted by atomic mass is 16.5. The molecule has 0 aromatic carbocycles. The van der Waals surface area contributed by atoms with Crippen LogP contribution in [-0.2, 0) is 20.9 Å². The Labute approximate surface area is 105 Å². The van der Waals surface area contributed by atoms with E-state index in [9.17, 15) is 9.59 Å². The summed E-state index contributed by atoms with van der Waals surface area (Å²) in [4.78, 5) is 22.5. The number of amides is 1. The van der Waals surface area contributed by atoms with Crippen molar-refractivity contribution in [2.24, 2.45) is 0 Å². The molecule has 0 aliphatic rings. The third kappa shape index (κ3) is 4.96. The number of aromatic nitrogens is 2. The van der Waals surface area contributed by atoms with Gasteiger partial charge in [0.05, 0.1) is 7.11 Å². The minimum absolute atomic E-state index is 0.0339. The monoisotopic (exact) mass is 254 g/mol. The molecule has 2 N–H and O–H groups in total. The van der Waals surface area contributed by atoms with Crippen molar-refractivity contribution in [1.82, 2.24) is 15.1 Å². The van der Waals surface area contributed by atoms with Crippen LogP contribution < -0.4 is 10.6 Å². The smallest absolute Gasteiger partial charge is 0.327 e. The molecular formula is C11H18N4O3. The fraction of sp³-hybridized carbons (Fsp3) is 0.545. The summed E-state index contributed by atoms with van der Waals surface area (Å²) in [5, 5.41) is 9.66. The van der Waals surface area contributed by atoms with Gasteiger partial charge in [0.2, 0.25) is 5.91 Å². The number of ether oxygens (including phenoxy) is 1. The lowest BCUT2D eigenvalue weighted by Crippen LogP contribution is -2.16. The van der Waals surface area contributed by atoms with Crippen LogP contribution in [0, 0.1) is 0 Å². The Bertz CT molecular complexity index is 403. The van der Waals surface area contributed by atoms with Crippen molar-refractivity contribution in [1.29, 1.82) is 0 Å². The SMILES string of the molecule is CNCCCC(=O)Nc1ccn(CC(=O)OC)n1. The van der Waals surface area contributed by atoms with E-state index in [0.29, 0.717) is 12.2 Å². The van der Waals surface area contributed by atoms with Crippen LogP contribution in [0.4, 0.5) is 5.82 Å². The fourth-order valence-corrected chi connectivity index (χ4v) is 1.34. The standard InChI is InChI=1S/C11H18N4O3/c1-12-6-3-4-10(16)13-9-5-7-15(14-9)8-11(17)18-2/h5,7,12H,3-4,6,8H2,1-2H3,(H,13,14,16). The number of carbonyl (C=O) groups excluding carboxylic acids is 2. The van der Waals surface area contributed by atoms with Gasteiger partial charge < -0.3 is 15.4 Å². The van der Waals surface area contributed by atoms with Crippen molar-refractivity contribution >= 4 is 17.7 Å². The summed E-state index contributed by atoms with van der Waals surface area (Å²) in [7, 11) is 3.16. The molecule has 100 valence electrons. The first kappa shape index (κ1) is 14.2. The van der Waals surface area contributed by atoms with Gasteiger partial charge in [-0.1, -0.05) is 0 Å². The van der Waals surface area contributed by atoms with Crippen LogP contribution in [0.25, 0.3) is 0 Å². The topological polar surface area (TPSA) is 85.2 Å². The van der Waals surface area contributed by atoms with Crippen LogP contribution in [0.1, 0.15) is 12.8 Å². The average molecular weight is 254 g/mol. The second-order valence-electron chi connectivity index (χ2n) is 3.73. The fourth-order valence-electron chi connectivity index (χ4n) is 1.34. The largest absolute Gasteiger partial charge is 0.468 e. The Morgan fingerprint density at radius 1 is 1.50 bits per heavy atom. The molecule has 1 heterocycles. The molecule has 0 fully saturated rings. The van der Waals surface area contributed by atoms with E-state index in [1.807, 2.05) is 7.05 Å². The minimum Gasteiger partial charge on any atom is -0.468 e. The maximum Gasteiger partial charge on any atom is 0.327 e. The molecule has 0 aliphatic heterocycles. The zero-order valence-electron chi connectivity index (χ0n) is 10.6. The third-order valence-electron chi connectivity index (χ3n) is 2.26. The summed E-state index contributed by atoms with van der Waals surface area (Å²) in [6.07, 6.45) is 2.82. The van der Waals surface area contributed by atoms with Gasteiger partial charge in [0.25, 0.3) is 0 Å². The summed E-state index contributed by atoms with van der Waals surface area (Å²) in [6.45, 7) is 0.830. The summed E-state index contributed by atoms with van der Waals surface area (Å²) >= 11 is 0. The van der Waals surface area contributed by atoms with Gasteiger partial charge >= 0.3 is 5.97 Å². The van der Waals surface area contributed by atoms with Crippen molar-refractivity contribution < 1.29 is 14.3 Å². The molecule has 1 aromatic rings. The Balaban J connectivity index is 2.38. The maximum atomic E-state index is 11.5. The molecule has 0 spiro atoms. The number of carbonyl (C=O) groups is 2. The van der Waals surface area contributed by atoms with Gasteiger partial charge in [-0.15, -0.1) is 0 Å². The van der Waals surface area contributed by atoms with Gasteiger partial charge in [0.1, 0.15) is 6.54 Å². The number of nitrogens with zero attached hydrogens (tertiary/aromatic N) is 2. The molecule has 1 rings (SSSR count). The molecule has 0 unspecified atom stereocenters. The molecule has 0 atom stereocenters. The Morgan fingerprint density at radius 3 is 2.94 bits per heavy atom. The van der Waals surface area contributed by atoms with Gasteiger partial charge in [-0.05, 0) is 20.0 Å². The Morgan fingerprint density at radius 2 is 2.28 bits per heavy atom.